The van der Waals surface area contributed by atoms with Crippen molar-refractivity contribution in [2.45, 2.75) is 133 Å². The smallest absolute Gasteiger partial charge is 0.129 e. The van der Waals surface area contributed by atoms with Gasteiger partial charge in [0.2, 0.25) is 0 Å². The summed E-state index contributed by atoms with van der Waals surface area (Å²) in [4.78, 5) is 15.3. The van der Waals surface area contributed by atoms with Crippen LogP contribution in [0.5, 0.6) is 5.75 Å². The molecule has 0 aliphatic rings. The van der Waals surface area contributed by atoms with Crippen molar-refractivity contribution in [1.82, 2.24) is 0 Å². The van der Waals surface area contributed by atoms with Crippen molar-refractivity contribution in [3.05, 3.63) is 42.0 Å². The Morgan fingerprint density at radius 1 is 1.03 bits per heavy atom. The molecule has 1 atom stereocenters. The Kier molecular flexibility index (Phi) is 26.6. The van der Waals surface area contributed by atoms with Gasteiger partial charge in [-0.1, -0.05) is 99.4 Å². The molecule has 0 heterocycles. The Bertz CT molecular complexity index is 681. The molecule has 0 aliphatic carbocycles. The van der Waals surface area contributed by atoms with Crippen LogP contribution in [0.3, 0.4) is 0 Å². The van der Waals surface area contributed by atoms with E-state index in [1.54, 1.807) is 6.92 Å². The third kappa shape index (κ3) is 25.2. The summed E-state index contributed by atoms with van der Waals surface area (Å²) < 4.78 is 5.38. The summed E-state index contributed by atoms with van der Waals surface area (Å²) >= 11 is 0. The van der Waals surface area contributed by atoms with E-state index in [0.29, 0.717) is 24.4 Å². The molecule has 0 bridgehead atoms. The zero-order chi connectivity index (χ0) is 28.6. The van der Waals surface area contributed by atoms with E-state index in [0.717, 1.165) is 31.4 Å². The lowest BCUT2D eigenvalue weighted by Gasteiger charge is -2.20. The highest BCUT2D eigenvalue weighted by Gasteiger charge is 2.13. The Hall–Kier alpha value is -1.90. The van der Waals surface area contributed by atoms with Crippen LogP contribution in [0.1, 0.15) is 139 Å². The molecule has 1 aromatic rings. The molecule has 0 saturated heterocycles. The van der Waals surface area contributed by atoms with Gasteiger partial charge in [0.05, 0.1) is 6.61 Å². The van der Waals surface area contributed by atoms with Gasteiger partial charge in [0.15, 0.2) is 0 Å². The Morgan fingerprint density at radius 2 is 1.56 bits per heavy atom. The fourth-order valence-electron chi connectivity index (χ4n) is 3.41. The van der Waals surface area contributed by atoms with Crippen molar-refractivity contribution in [2.75, 3.05) is 13.7 Å². The standard InChI is InChI=1S/C14H27N.C14H20O2.C3H8.C2H6/c1-7-8-9-13(15-6)10-12(2)11-14(3,4)5;1-4-16-14-9-7-13(8-10-14)11(2)5-6-12(3)15;1-3-2;1-2/h2,7-11H2,1,3-6H3;7-11H,4-6H2,1-3H3;3H2,1-2H3;1-2H3/t;11-;;/m.1../s1. The van der Waals surface area contributed by atoms with Crippen molar-refractivity contribution in [2.24, 2.45) is 10.4 Å². The number of benzene rings is 1. The van der Waals surface area contributed by atoms with Crippen molar-refractivity contribution in [1.29, 1.82) is 0 Å². The van der Waals surface area contributed by atoms with Gasteiger partial charge < -0.3 is 9.53 Å². The summed E-state index contributed by atoms with van der Waals surface area (Å²) in [7, 11) is 1.90. The van der Waals surface area contributed by atoms with Crippen molar-refractivity contribution in [3.63, 3.8) is 0 Å². The predicted octanol–water partition coefficient (Wildman–Crippen LogP) is 10.6. The minimum Gasteiger partial charge on any atom is -0.494 e. The maximum Gasteiger partial charge on any atom is 0.129 e. The minimum atomic E-state index is 0.262. The fourth-order valence-corrected chi connectivity index (χ4v) is 3.41. The van der Waals surface area contributed by atoms with E-state index in [1.165, 1.54) is 36.1 Å². The second kappa shape index (κ2) is 24.8. The largest absolute Gasteiger partial charge is 0.494 e. The molecule has 1 rings (SSSR count). The number of unbranched alkanes of at least 4 members (excludes halogenated alkanes) is 1. The summed E-state index contributed by atoms with van der Waals surface area (Å²) in [5.41, 5.74) is 4.25. The monoisotopic (exact) mass is 503 g/mol. The van der Waals surface area contributed by atoms with E-state index in [-0.39, 0.29) is 5.78 Å². The number of hydrogen-bond donors (Lipinski definition) is 0. The van der Waals surface area contributed by atoms with Gasteiger partial charge in [-0.05, 0) is 68.6 Å². The third-order valence-electron chi connectivity index (χ3n) is 5.06. The van der Waals surface area contributed by atoms with Crippen LogP contribution in [-0.2, 0) is 4.79 Å². The lowest BCUT2D eigenvalue weighted by Crippen LogP contribution is -2.09. The van der Waals surface area contributed by atoms with Crippen LogP contribution in [0.25, 0.3) is 0 Å². The van der Waals surface area contributed by atoms with E-state index in [4.69, 9.17) is 4.74 Å². The van der Waals surface area contributed by atoms with Gasteiger partial charge in [-0.3, -0.25) is 4.99 Å². The van der Waals surface area contributed by atoms with Crippen LogP contribution >= 0.6 is 0 Å². The first kappa shape index (κ1) is 38.6. The molecule has 3 nitrogen and oxygen atoms in total. The predicted molar refractivity (Wildman–Crippen MR) is 164 cm³/mol. The Balaban J connectivity index is -0.000000514. The number of aliphatic imine (C=N–C) groups is 1. The van der Waals surface area contributed by atoms with Crippen molar-refractivity contribution in [3.8, 4) is 5.75 Å². The normalized spacial score (nSPS) is 11.5. The first-order valence-electron chi connectivity index (χ1n) is 14.3. The highest BCUT2D eigenvalue weighted by molar-refractivity contribution is 5.86. The Morgan fingerprint density at radius 3 is 1.94 bits per heavy atom. The number of allylic oxidation sites excluding steroid dienone is 1. The van der Waals surface area contributed by atoms with Gasteiger partial charge >= 0.3 is 0 Å². The van der Waals surface area contributed by atoms with E-state index >= 15 is 0 Å². The second-order valence-corrected chi connectivity index (χ2v) is 10.4. The lowest BCUT2D eigenvalue weighted by molar-refractivity contribution is -0.117. The molecule has 0 saturated carbocycles. The number of ketones is 1. The van der Waals surface area contributed by atoms with E-state index in [1.807, 2.05) is 40.0 Å². The quantitative estimate of drug-likeness (QED) is 0.210. The molecule has 0 N–H and O–H groups in total. The average molecular weight is 504 g/mol. The molecule has 0 aliphatic heterocycles. The number of ether oxygens (including phenoxy) is 1. The number of nitrogens with zero attached hydrogens (tertiary/aromatic N) is 1. The zero-order valence-electron chi connectivity index (χ0n) is 26.2. The summed E-state index contributed by atoms with van der Waals surface area (Å²) in [5.74, 6) is 1.60. The molecule has 36 heavy (non-hydrogen) atoms. The van der Waals surface area contributed by atoms with Crippen LogP contribution in [0.4, 0.5) is 0 Å². The van der Waals surface area contributed by atoms with E-state index in [2.05, 4.69) is 72.2 Å². The molecule has 3 heteroatoms. The number of hydrogen-bond acceptors (Lipinski definition) is 3. The average Bonchev–Trinajstić information content (AvgIpc) is 2.82. The molecular weight excluding hydrogens is 442 g/mol. The van der Waals surface area contributed by atoms with Gasteiger partial charge in [-0.2, -0.15) is 0 Å². The van der Waals surface area contributed by atoms with Crippen LogP contribution in [0, 0.1) is 5.41 Å². The summed E-state index contributed by atoms with van der Waals surface area (Å²) in [6.07, 6.45) is 8.54. The first-order valence-corrected chi connectivity index (χ1v) is 14.3. The summed E-state index contributed by atoms with van der Waals surface area (Å²) in [6.45, 7) is 27.9. The minimum absolute atomic E-state index is 0.262. The van der Waals surface area contributed by atoms with Crippen LogP contribution in [-0.4, -0.2) is 25.1 Å². The SMILES string of the molecule is C=C(CC(CCCC)=NC)CC(C)(C)C.CC.CCC.CCOc1ccc([C@H](C)CCC(C)=O)cc1. The van der Waals surface area contributed by atoms with Gasteiger partial charge in [-0.25, -0.2) is 0 Å². The first-order chi connectivity index (χ1) is 16.9. The number of Topliss-reactive ketones (excluding diaryl/α,β-unsaturated/α-hetero) is 1. The zero-order valence-corrected chi connectivity index (χ0v) is 26.2. The molecule has 0 unspecified atom stereocenters. The van der Waals surface area contributed by atoms with Gasteiger partial charge in [-0.15, -0.1) is 0 Å². The maximum absolute atomic E-state index is 10.9. The van der Waals surface area contributed by atoms with Crippen LogP contribution in [0.2, 0.25) is 0 Å². The summed E-state index contributed by atoms with van der Waals surface area (Å²) in [6, 6.07) is 8.14. The van der Waals surface area contributed by atoms with Crippen molar-refractivity contribution >= 4 is 11.5 Å². The Labute approximate surface area is 226 Å². The molecule has 0 aromatic heterocycles. The second-order valence-electron chi connectivity index (χ2n) is 10.4. The highest BCUT2D eigenvalue weighted by atomic mass is 16.5. The number of carbonyl (C=O) groups is 1. The van der Waals surface area contributed by atoms with E-state index in [9.17, 15) is 4.79 Å². The molecule has 0 fully saturated rings. The van der Waals surface area contributed by atoms with Gasteiger partial charge in [0.1, 0.15) is 11.5 Å². The third-order valence-corrected chi connectivity index (χ3v) is 5.06. The molecule has 0 amide bonds. The van der Waals surface area contributed by atoms with Crippen molar-refractivity contribution < 1.29 is 9.53 Å². The molecular formula is C33H61NO2. The number of carbonyl (C=O) groups excluding carboxylic acids is 1. The molecule has 0 spiro atoms. The van der Waals surface area contributed by atoms with Gasteiger partial charge in [0.25, 0.3) is 0 Å². The van der Waals surface area contributed by atoms with Gasteiger partial charge in [0, 0.05) is 25.6 Å². The molecule has 1 aromatic carbocycles. The topological polar surface area (TPSA) is 38.7 Å². The molecule has 210 valence electrons. The fraction of sp³-hybridized carbons (Fsp3) is 0.697. The lowest BCUT2D eigenvalue weighted by atomic mass is 9.86. The van der Waals surface area contributed by atoms with Crippen LogP contribution in [0.15, 0.2) is 41.4 Å². The van der Waals surface area contributed by atoms with Crippen LogP contribution < -0.4 is 4.74 Å². The summed E-state index contributed by atoms with van der Waals surface area (Å²) in [5, 5.41) is 0. The highest BCUT2D eigenvalue weighted by Crippen LogP contribution is 2.25. The molecule has 0 radical (unpaired) electrons. The number of rotatable bonds is 12. The van der Waals surface area contributed by atoms with E-state index < -0.39 is 0 Å². The maximum atomic E-state index is 10.9.